The Hall–Kier alpha value is -1.60. The normalized spacial score (nSPS) is 23.9. The van der Waals surface area contributed by atoms with Gasteiger partial charge < -0.3 is 9.64 Å². The molecule has 1 aromatic rings. The van der Waals surface area contributed by atoms with E-state index < -0.39 is 10.0 Å². The number of amides is 1. The Morgan fingerprint density at radius 1 is 1.11 bits per heavy atom. The van der Waals surface area contributed by atoms with Crippen molar-refractivity contribution < 1.29 is 17.9 Å². The second-order valence-electron chi connectivity index (χ2n) is 7.71. The topological polar surface area (TPSA) is 75.7 Å². The van der Waals surface area contributed by atoms with E-state index in [1.165, 1.54) is 13.2 Å². The van der Waals surface area contributed by atoms with Crippen molar-refractivity contribution in [1.82, 2.24) is 9.62 Å². The first-order valence-corrected chi connectivity index (χ1v) is 11.4. The van der Waals surface area contributed by atoms with E-state index in [1.807, 2.05) is 0 Å². The summed E-state index contributed by atoms with van der Waals surface area (Å²) < 4.78 is 34.3. The first-order valence-electron chi connectivity index (χ1n) is 9.92. The van der Waals surface area contributed by atoms with Crippen LogP contribution in [0.5, 0.6) is 5.75 Å². The average Bonchev–Trinajstić information content (AvgIpc) is 2.69. The van der Waals surface area contributed by atoms with E-state index in [1.54, 1.807) is 17.0 Å². The number of ether oxygens (including phenoxy) is 1. The molecule has 2 atom stereocenters. The Kier molecular flexibility index (Phi) is 6.42. The van der Waals surface area contributed by atoms with Gasteiger partial charge in [0.15, 0.2) is 0 Å². The van der Waals surface area contributed by atoms with Gasteiger partial charge in [0.2, 0.25) is 10.0 Å². The van der Waals surface area contributed by atoms with Crippen LogP contribution in [0.1, 0.15) is 62.2 Å². The molecule has 1 amide bonds. The molecule has 1 heterocycles. The number of nitrogens with one attached hydrogen (secondary N) is 1. The van der Waals surface area contributed by atoms with Gasteiger partial charge in [-0.05, 0) is 56.2 Å². The molecule has 150 valence electrons. The Morgan fingerprint density at radius 2 is 1.81 bits per heavy atom. The van der Waals surface area contributed by atoms with Crippen LogP contribution < -0.4 is 9.46 Å². The average molecular weight is 395 g/mol. The van der Waals surface area contributed by atoms with Crippen molar-refractivity contribution in [1.29, 1.82) is 0 Å². The van der Waals surface area contributed by atoms with Crippen LogP contribution >= 0.6 is 0 Å². The van der Waals surface area contributed by atoms with Crippen LogP contribution in [-0.4, -0.2) is 45.5 Å². The number of sulfonamides is 1. The van der Waals surface area contributed by atoms with E-state index in [-0.39, 0.29) is 22.6 Å². The Bertz CT molecular complexity index is 772. The maximum Gasteiger partial charge on any atom is 0.253 e. The third kappa shape index (κ3) is 4.63. The van der Waals surface area contributed by atoms with Gasteiger partial charge in [-0.3, -0.25) is 4.79 Å². The standard InChI is InChI=1S/C20H30N2O4S/c1-15-8-4-5-9-17(15)21-27(24,25)19-14-16(10-11-18(19)26-2)20(23)22-12-6-3-7-13-22/h10-11,14-15,17,21H,3-9,12-13H2,1-2H3. The third-order valence-electron chi connectivity index (χ3n) is 5.76. The van der Waals surface area contributed by atoms with E-state index in [4.69, 9.17) is 4.74 Å². The zero-order chi connectivity index (χ0) is 19.4. The van der Waals surface area contributed by atoms with E-state index in [0.717, 1.165) is 58.0 Å². The summed E-state index contributed by atoms with van der Waals surface area (Å²) in [7, 11) is -2.32. The van der Waals surface area contributed by atoms with Gasteiger partial charge in [-0.25, -0.2) is 13.1 Å². The maximum absolute atomic E-state index is 13.1. The number of rotatable bonds is 5. The van der Waals surface area contributed by atoms with Gasteiger partial charge in [0, 0.05) is 24.7 Å². The van der Waals surface area contributed by atoms with Gasteiger partial charge in [-0.15, -0.1) is 0 Å². The summed E-state index contributed by atoms with van der Waals surface area (Å²) in [4.78, 5) is 14.6. The quantitative estimate of drug-likeness (QED) is 0.832. The molecule has 2 fully saturated rings. The molecular formula is C20H30N2O4S. The van der Waals surface area contributed by atoms with Gasteiger partial charge in [0.25, 0.3) is 5.91 Å². The van der Waals surface area contributed by atoms with E-state index >= 15 is 0 Å². The molecule has 1 N–H and O–H groups in total. The lowest BCUT2D eigenvalue weighted by molar-refractivity contribution is 0.0724. The molecular weight excluding hydrogens is 364 g/mol. The van der Waals surface area contributed by atoms with Crippen molar-refractivity contribution >= 4 is 15.9 Å². The number of likely N-dealkylation sites (tertiary alicyclic amines) is 1. The number of carbonyl (C=O) groups excluding carboxylic acids is 1. The zero-order valence-electron chi connectivity index (χ0n) is 16.2. The molecule has 2 unspecified atom stereocenters. The maximum atomic E-state index is 13.1. The second-order valence-corrected chi connectivity index (χ2v) is 9.39. The molecule has 1 saturated heterocycles. The molecule has 1 saturated carbocycles. The highest BCUT2D eigenvalue weighted by Gasteiger charge is 2.30. The van der Waals surface area contributed by atoms with Crippen molar-refractivity contribution in [2.24, 2.45) is 5.92 Å². The van der Waals surface area contributed by atoms with E-state index in [9.17, 15) is 13.2 Å². The number of methoxy groups -OCH3 is 1. The lowest BCUT2D eigenvalue weighted by Crippen LogP contribution is -2.41. The van der Waals surface area contributed by atoms with Gasteiger partial charge in [-0.1, -0.05) is 19.8 Å². The lowest BCUT2D eigenvalue weighted by Gasteiger charge is -2.29. The number of carbonyl (C=O) groups is 1. The molecule has 1 aliphatic carbocycles. The molecule has 3 rings (SSSR count). The third-order valence-corrected chi connectivity index (χ3v) is 7.27. The molecule has 0 bridgehead atoms. The fraction of sp³-hybridized carbons (Fsp3) is 0.650. The largest absolute Gasteiger partial charge is 0.495 e. The molecule has 7 heteroatoms. The molecule has 0 radical (unpaired) electrons. The molecule has 0 spiro atoms. The minimum Gasteiger partial charge on any atom is -0.495 e. The van der Waals surface area contributed by atoms with Crippen LogP contribution in [0.15, 0.2) is 23.1 Å². The molecule has 1 aliphatic heterocycles. The summed E-state index contributed by atoms with van der Waals surface area (Å²) in [6.45, 7) is 3.54. The second kappa shape index (κ2) is 8.61. The van der Waals surface area contributed by atoms with Crippen LogP contribution in [0, 0.1) is 5.92 Å². The van der Waals surface area contributed by atoms with Crippen molar-refractivity contribution in [3.05, 3.63) is 23.8 Å². The number of benzene rings is 1. The van der Waals surface area contributed by atoms with Crippen molar-refractivity contribution in [3.8, 4) is 5.75 Å². The van der Waals surface area contributed by atoms with Crippen LogP contribution in [0.4, 0.5) is 0 Å². The predicted octanol–water partition coefficient (Wildman–Crippen LogP) is 3.18. The van der Waals surface area contributed by atoms with E-state index in [0.29, 0.717) is 11.5 Å². The van der Waals surface area contributed by atoms with Crippen molar-refractivity contribution in [2.45, 2.75) is 62.8 Å². The smallest absolute Gasteiger partial charge is 0.253 e. The summed E-state index contributed by atoms with van der Waals surface area (Å²) in [5.74, 6) is 0.457. The zero-order valence-corrected chi connectivity index (χ0v) is 17.1. The van der Waals surface area contributed by atoms with Gasteiger partial charge in [0.1, 0.15) is 10.6 Å². The summed E-state index contributed by atoms with van der Waals surface area (Å²) in [6, 6.07) is 4.62. The first kappa shape index (κ1) is 20.1. The number of piperidine rings is 1. The summed E-state index contributed by atoms with van der Waals surface area (Å²) in [5, 5.41) is 0. The van der Waals surface area contributed by atoms with E-state index in [2.05, 4.69) is 11.6 Å². The lowest BCUT2D eigenvalue weighted by atomic mass is 9.87. The summed E-state index contributed by atoms with van der Waals surface area (Å²) in [5.41, 5.74) is 0.398. The van der Waals surface area contributed by atoms with Crippen molar-refractivity contribution in [2.75, 3.05) is 20.2 Å². The van der Waals surface area contributed by atoms with Gasteiger partial charge in [-0.2, -0.15) is 0 Å². The Labute approximate surface area is 162 Å². The fourth-order valence-electron chi connectivity index (χ4n) is 4.05. The Balaban J connectivity index is 1.87. The predicted molar refractivity (Wildman–Crippen MR) is 104 cm³/mol. The summed E-state index contributed by atoms with van der Waals surface area (Å²) >= 11 is 0. The highest BCUT2D eigenvalue weighted by Crippen LogP contribution is 2.29. The molecule has 27 heavy (non-hydrogen) atoms. The van der Waals surface area contributed by atoms with Crippen LogP contribution in [0.3, 0.4) is 0 Å². The monoisotopic (exact) mass is 394 g/mol. The Morgan fingerprint density at radius 3 is 2.48 bits per heavy atom. The first-order chi connectivity index (χ1) is 12.9. The number of hydrogen-bond acceptors (Lipinski definition) is 4. The number of nitrogens with zero attached hydrogens (tertiary/aromatic N) is 1. The fourth-order valence-corrected chi connectivity index (χ4v) is 5.63. The van der Waals surface area contributed by atoms with Crippen LogP contribution in [-0.2, 0) is 10.0 Å². The van der Waals surface area contributed by atoms with Crippen LogP contribution in [0.2, 0.25) is 0 Å². The number of hydrogen-bond donors (Lipinski definition) is 1. The van der Waals surface area contributed by atoms with Gasteiger partial charge in [0.05, 0.1) is 7.11 Å². The van der Waals surface area contributed by atoms with Crippen LogP contribution in [0.25, 0.3) is 0 Å². The minimum atomic E-state index is -3.77. The van der Waals surface area contributed by atoms with Crippen molar-refractivity contribution in [3.63, 3.8) is 0 Å². The summed E-state index contributed by atoms with van der Waals surface area (Å²) in [6.07, 6.45) is 7.16. The highest BCUT2D eigenvalue weighted by atomic mass is 32.2. The molecule has 2 aliphatic rings. The highest BCUT2D eigenvalue weighted by molar-refractivity contribution is 7.89. The minimum absolute atomic E-state index is 0.0469. The molecule has 6 nitrogen and oxygen atoms in total. The SMILES string of the molecule is COc1ccc(C(=O)N2CCCCC2)cc1S(=O)(=O)NC1CCCCC1C. The molecule has 1 aromatic carbocycles. The van der Waals surface area contributed by atoms with Gasteiger partial charge >= 0.3 is 0 Å². The molecule has 0 aromatic heterocycles.